The second-order valence-corrected chi connectivity index (χ2v) is 5.11. The van der Waals surface area contributed by atoms with E-state index in [2.05, 4.69) is 27.8 Å². The fourth-order valence-electron chi connectivity index (χ4n) is 2.11. The third-order valence-electron chi connectivity index (χ3n) is 3.44. The molecule has 1 aliphatic rings. The Hall–Kier alpha value is -0.980. The van der Waals surface area contributed by atoms with Crippen LogP contribution in [-0.4, -0.2) is 32.7 Å². The number of benzene rings is 1. The van der Waals surface area contributed by atoms with Gasteiger partial charge in [-0.1, -0.05) is 18.2 Å². The van der Waals surface area contributed by atoms with Crippen LogP contribution in [0.3, 0.4) is 0 Å². The Bertz CT molecular complexity index is 447. The molecule has 0 atom stereocenters. The summed E-state index contributed by atoms with van der Waals surface area (Å²) in [6.45, 7) is 4.61. The molecule has 0 radical (unpaired) electrons. The number of aliphatic imine (C=N–C) groups is 1. The summed E-state index contributed by atoms with van der Waals surface area (Å²) in [5.74, 6) is 2.73. The number of ether oxygens (including phenoxy) is 1. The summed E-state index contributed by atoms with van der Waals surface area (Å²) >= 11 is 0. The van der Waals surface area contributed by atoms with Crippen molar-refractivity contribution in [1.29, 1.82) is 0 Å². The van der Waals surface area contributed by atoms with Gasteiger partial charge in [-0.15, -0.1) is 24.0 Å². The number of para-hydroxylation sites is 1. The molecule has 0 aliphatic heterocycles. The molecule has 1 fully saturated rings. The lowest BCUT2D eigenvalue weighted by molar-refractivity contribution is 0.336. The summed E-state index contributed by atoms with van der Waals surface area (Å²) in [6.07, 6.45) is 3.64. The molecule has 5 heteroatoms. The van der Waals surface area contributed by atoms with Gasteiger partial charge < -0.3 is 15.4 Å². The molecule has 118 valence electrons. The Labute approximate surface area is 144 Å². The lowest BCUT2D eigenvalue weighted by atomic mass is 10.1. The summed E-state index contributed by atoms with van der Waals surface area (Å²) in [5.41, 5.74) is 1.24. The highest BCUT2D eigenvalue weighted by Gasteiger charge is 2.20. The van der Waals surface area contributed by atoms with Crippen LogP contribution in [0.25, 0.3) is 0 Å². The minimum Gasteiger partial charge on any atom is -0.494 e. The third kappa shape index (κ3) is 6.54. The molecule has 0 bridgehead atoms. The Kier molecular flexibility index (Phi) is 8.49. The topological polar surface area (TPSA) is 45.6 Å². The van der Waals surface area contributed by atoms with Crippen molar-refractivity contribution in [3.63, 3.8) is 0 Å². The quantitative estimate of drug-likeness (QED) is 0.418. The van der Waals surface area contributed by atoms with Crippen LogP contribution in [0, 0.1) is 5.92 Å². The first-order valence-corrected chi connectivity index (χ1v) is 7.48. The molecule has 4 nitrogen and oxygen atoms in total. The van der Waals surface area contributed by atoms with Crippen LogP contribution in [0.5, 0.6) is 5.75 Å². The van der Waals surface area contributed by atoms with Gasteiger partial charge in [0.2, 0.25) is 0 Å². The average Bonchev–Trinajstić information content (AvgIpc) is 3.29. The molecule has 0 saturated heterocycles. The lowest BCUT2D eigenvalue weighted by Crippen LogP contribution is -2.39. The molecule has 0 unspecified atom stereocenters. The molecule has 1 saturated carbocycles. The lowest BCUT2D eigenvalue weighted by Gasteiger charge is -2.13. The molecule has 1 aliphatic carbocycles. The number of guanidine groups is 1. The van der Waals surface area contributed by atoms with Crippen molar-refractivity contribution in [1.82, 2.24) is 10.6 Å². The van der Waals surface area contributed by atoms with Crippen LogP contribution >= 0.6 is 24.0 Å². The Morgan fingerprint density at radius 3 is 2.71 bits per heavy atom. The van der Waals surface area contributed by atoms with Crippen LogP contribution in [0.1, 0.15) is 25.3 Å². The van der Waals surface area contributed by atoms with Crippen LogP contribution in [0.4, 0.5) is 0 Å². The Morgan fingerprint density at radius 1 is 1.29 bits per heavy atom. The van der Waals surface area contributed by atoms with E-state index in [4.69, 9.17) is 4.74 Å². The standard InChI is InChI=1S/C16H25N3O.HI/c1-3-20-15-7-5-4-6-14(15)10-11-18-16(17-2)19-12-13-8-9-13;/h4-7,13H,3,8-12H2,1-2H3,(H2,17,18,19);1H. The highest BCUT2D eigenvalue weighted by atomic mass is 127. The van der Waals surface area contributed by atoms with E-state index in [9.17, 15) is 0 Å². The van der Waals surface area contributed by atoms with E-state index in [0.717, 1.165) is 37.1 Å². The Balaban J connectivity index is 0.00000220. The van der Waals surface area contributed by atoms with Crippen molar-refractivity contribution in [3.8, 4) is 5.75 Å². The first-order chi connectivity index (χ1) is 9.83. The van der Waals surface area contributed by atoms with Gasteiger partial charge >= 0.3 is 0 Å². The van der Waals surface area contributed by atoms with Crippen molar-refractivity contribution in [2.45, 2.75) is 26.2 Å². The molecule has 0 heterocycles. The molecule has 1 aromatic rings. The SMILES string of the molecule is CCOc1ccccc1CCNC(=NC)NCC1CC1.I. The zero-order chi connectivity index (χ0) is 14.2. The van der Waals surface area contributed by atoms with Crippen LogP contribution in [0.15, 0.2) is 29.3 Å². The van der Waals surface area contributed by atoms with Gasteiger partial charge in [0, 0.05) is 20.1 Å². The maximum Gasteiger partial charge on any atom is 0.190 e. The Morgan fingerprint density at radius 2 is 2.05 bits per heavy atom. The number of hydrogen-bond donors (Lipinski definition) is 2. The summed E-state index contributed by atoms with van der Waals surface area (Å²) in [7, 11) is 1.82. The van der Waals surface area contributed by atoms with E-state index in [-0.39, 0.29) is 24.0 Å². The summed E-state index contributed by atoms with van der Waals surface area (Å²) in [5, 5.41) is 6.72. The van der Waals surface area contributed by atoms with E-state index in [1.54, 1.807) is 0 Å². The minimum atomic E-state index is 0. The van der Waals surface area contributed by atoms with E-state index in [1.807, 2.05) is 26.1 Å². The highest BCUT2D eigenvalue weighted by Crippen LogP contribution is 2.27. The zero-order valence-electron chi connectivity index (χ0n) is 12.9. The fraction of sp³-hybridized carbons (Fsp3) is 0.562. The summed E-state index contributed by atoms with van der Waals surface area (Å²) in [6, 6.07) is 8.21. The zero-order valence-corrected chi connectivity index (χ0v) is 15.2. The molecule has 2 N–H and O–H groups in total. The normalized spacial score (nSPS) is 14.3. The first kappa shape index (κ1) is 18.1. The molecule has 0 amide bonds. The monoisotopic (exact) mass is 403 g/mol. The first-order valence-electron chi connectivity index (χ1n) is 7.48. The second kappa shape index (κ2) is 9.87. The van der Waals surface area contributed by atoms with E-state index >= 15 is 0 Å². The third-order valence-corrected chi connectivity index (χ3v) is 3.44. The maximum atomic E-state index is 5.63. The molecule has 1 aromatic carbocycles. The second-order valence-electron chi connectivity index (χ2n) is 5.11. The minimum absolute atomic E-state index is 0. The van der Waals surface area contributed by atoms with E-state index in [1.165, 1.54) is 18.4 Å². The van der Waals surface area contributed by atoms with Crippen LogP contribution < -0.4 is 15.4 Å². The molecule has 21 heavy (non-hydrogen) atoms. The van der Waals surface area contributed by atoms with Crippen molar-refractivity contribution in [2.75, 3.05) is 26.7 Å². The van der Waals surface area contributed by atoms with Gasteiger partial charge in [0.15, 0.2) is 5.96 Å². The maximum absolute atomic E-state index is 5.63. The summed E-state index contributed by atoms with van der Waals surface area (Å²) < 4.78 is 5.63. The molecule has 2 rings (SSSR count). The predicted molar refractivity (Wildman–Crippen MR) is 98.8 cm³/mol. The van der Waals surface area contributed by atoms with Crippen LogP contribution in [0.2, 0.25) is 0 Å². The van der Waals surface area contributed by atoms with Gasteiger partial charge in [-0.25, -0.2) is 0 Å². The molecular formula is C16H26IN3O. The number of nitrogens with zero attached hydrogens (tertiary/aromatic N) is 1. The number of hydrogen-bond acceptors (Lipinski definition) is 2. The predicted octanol–water partition coefficient (Wildman–Crippen LogP) is 2.82. The van der Waals surface area contributed by atoms with Crippen LogP contribution in [-0.2, 0) is 6.42 Å². The number of halogens is 1. The van der Waals surface area contributed by atoms with Gasteiger partial charge in [0.25, 0.3) is 0 Å². The largest absolute Gasteiger partial charge is 0.494 e. The van der Waals surface area contributed by atoms with Crippen molar-refractivity contribution < 1.29 is 4.74 Å². The van der Waals surface area contributed by atoms with Gasteiger partial charge in [-0.05, 0) is 43.7 Å². The molecular weight excluding hydrogens is 377 g/mol. The van der Waals surface area contributed by atoms with E-state index in [0.29, 0.717) is 6.61 Å². The van der Waals surface area contributed by atoms with Gasteiger partial charge in [-0.2, -0.15) is 0 Å². The van der Waals surface area contributed by atoms with Crippen molar-refractivity contribution in [2.24, 2.45) is 10.9 Å². The van der Waals surface area contributed by atoms with Crippen molar-refractivity contribution in [3.05, 3.63) is 29.8 Å². The fourth-order valence-corrected chi connectivity index (χ4v) is 2.11. The average molecular weight is 403 g/mol. The van der Waals surface area contributed by atoms with E-state index < -0.39 is 0 Å². The van der Waals surface area contributed by atoms with Gasteiger partial charge in [0.1, 0.15) is 5.75 Å². The van der Waals surface area contributed by atoms with Crippen molar-refractivity contribution >= 4 is 29.9 Å². The molecule has 0 aromatic heterocycles. The van der Waals surface area contributed by atoms with Gasteiger partial charge in [-0.3, -0.25) is 4.99 Å². The number of nitrogens with one attached hydrogen (secondary N) is 2. The smallest absolute Gasteiger partial charge is 0.190 e. The summed E-state index contributed by atoms with van der Waals surface area (Å²) in [4.78, 5) is 4.24. The highest BCUT2D eigenvalue weighted by molar-refractivity contribution is 14.0. The molecule has 0 spiro atoms. The van der Waals surface area contributed by atoms with Gasteiger partial charge in [0.05, 0.1) is 6.61 Å². The number of rotatable bonds is 7.